The fourth-order valence-electron chi connectivity index (χ4n) is 6.92. The first-order valence-electron chi connectivity index (χ1n) is 26.9. The number of amidine groups is 2. The quantitative estimate of drug-likeness (QED) is 0.180. The zero-order valence-electron chi connectivity index (χ0n) is 47.8. The first kappa shape index (κ1) is 18.5. The molecular formula is C51H34N4S. The van der Waals surface area contributed by atoms with E-state index in [0.29, 0.717) is 5.56 Å². The molecule has 264 valence electrons. The zero-order valence-corrected chi connectivity index (χ0v) is 29.6. The molecule has 0 spiro atoms. The zero-order chi connectivity index (χ0) is 53.5. The van der Waals surface area contributed by atoms with Gasteiger partial charge in [0.2, 0.25) is 0 Å². The minimum atomic E-state index is -1.56. The topological polar surface area (TPSA) is 41.7 Å². The molecule has 4 nitrogen and oxygen atoms in total. The number of fused-ring (bicyclic) bond motifs is 6. The van der Waals surface area contributed by atoms with Crippen LogP contribution in [0.15, 0.2) is 204 Å². The van der Waals surface area contributed by atoms with Gasteiger partial charge in [0.25, 0.3) is 0 Å². The molecule has 2 aromatic heterocycles. The molecule has 0 fully saturated rings. The van der Waals surface area contributed by atoms with Crippen molar-refractivity contribution in [2.45, 2.75) is 6.17 Å². The van der Waals surface area contributed by atoms with Crippen LogP contribution < -0.4 is 5.32 Å². The molecule has 0 aliphatic carbocycles. The number of rotatable bonds is 6. The maximum Gasteiger partial charge on any atom is 0.171 e. The SMILES string of the molecule is [2H]c1c([2H])c([2H])c(-n2c3c([2H])c([2H])c([2H])c([2H])c3c3c([2H])c(C4=NC(c5c([2H])c([2H])c([2H])c6c5sc5c([2H])c([2H])c([2H])c([2H])c56)N=C(c5ccc(-c6cccc(-c7ccccc7)c6)cc5)N4)c([2H])c([2H])c32)c([2H])c1[2H]. The molecule has 1 atom stereocenters. The van der Waals surface area contributed by atoms with Gasteiger partial charge in [-0.3, -0.25) is 0 Å². The van der Waals surface area contributed by atoms with Crippen LogP contribution in [0.5, 0.6) is 0 Å². The van der Waals surface area contributed by atoms with Crippen molar-refractivity contribution in [3.05, 3.63) is 210 Å². The summed E-state index contributed by atoms with van der Waals surface area (Å²) in [6.45, 7) is 0. The third kappa shape index (κ3) is 5.52. The van der Waals surface area contributed by atoms with E-state index in [-0.39, 0.29) is 48.2 Å². The van der Waals surface area contributed by atoms with Crippen molar-refractivity contribution in [3.8, 4) is 27.9 Å². The van der Waals surface area contributed by atoms with E-state index < -0.39 is 143 Å². The Bertz CT molecular complexity index is 4240. The molecule has 0 saturated heterocycles. The van der Waals surface area contributed by atoms with Crippen LogP contribution in [0, 0.1) is 0 Å². The summed E-state index contributed by atoms with van der Waals surface area (Å²) >= 11 is 0.858. The largest absolute Gasteiger partial charge is 0.324 e. The van der Waals surface area contributed by atoms with E-state index in [4.69, 9.17) is 30.5 Å². The summed E-state index contributed by atoms with van der Waals surface area (Å²) in [6, 6.07) is 12.4. The van der Waals surface area contributed by atoms with Crippen molar-refractivity contribution in [1.82, 2.24) is 9.88 Å². The highest BCUT2D eigenvalue weighted by molar-refractivity contribution is 7.26. The lowest BCUT2D eigenvalue weighted by molar-refractivity contribution is 0.763. The second kappa shape index (κ2) is 13.3. The molecule has 0 bridgehead atoms. The van der Waals surface area contributed by atoms with Gasteiger partial charge in [0.05, 0.1) is 37.1 Å². The van der Waals surface area contributed by atoms with Gasteiger partial charge in [-0.05, 0) is 70.6 Å². The summed E-state index contributed by atoms with van der Waals surface area (Å²) in [4.78, 5) is 9.80. The molecule has 11 rings (SSSR count). The number of hydrogen-bond acceptors (Lipinski definition) is 4. The van der Waals surface area contributed by atoms with E-state index in [1.807, 2.05) is 66.7 Å². The highest BCUT2D eigenvalue weighted by atomic mass is 32.1. The smallest absolute Gasteiger partial charge is 0.171 e. The lowest BCUT2D eigenvalue weighted by Gasteiger charge is -2.23. The van der Waals surface area contributed by atoms with Gasteiger partial charge in [0.1, 0.15) is 11.7 Å². The number of hydrogen-bond donors (Lipinski definition) is 1. The van der Waals surface area contributed by atoms with Crippen molar-refractivity contribution in [2.75, 3.05) is 0 Å². The van der Waals surface area contributed by atoms with Crippen molar-refractivity contribution in [1.29, 1.82) is 0 Å². The molecule has 5 heteroatoms. The number of para-hydroxylation sites is 2. The lowest BCUT2D eigenvalue weighted by Crippen LogP contribution is -2.36. The average Bonchev–Trinajstić information content (AvgIpc) is 4.00. The summed E-state index contributed by atoms with van der Waals surface area (Å²) in [6.07, 6.45) is -1.56. The second-order valence-corrected chi connectivity index (χ2v) is 13.8. The van der Waals surface area contributed by atoms with Gasteiger partial charge in [-0.1, -0.05) is 145 Å². The van der Waals surface area contributed by atoms with Gasteiger partial charge in [-0.25, -0.2) is 9.98 Å². The van der Waals surface area contributed by atoms with E-state index in [0.717, 1.165) is 38.2 Å². The normalized spacial score (nSPS) is 19.0. The summed E-state index contributed by atoms with van der Waals surface area (Å²) in [5, 5.41) is 2.32. The van der Waals surface area contributed by atoms with E-state index in [2.05, 4.69) is 5.32 Å². The Morgan fingerprint density at radius 2 is 1.14 bits per heavy atom. The molecule has 1 aliphatic heterocycles. The summed E-state index contributed by atoms with van der Waals surface area (Å²) < 4.78 is 171. The van der Waals surface area contributed by atoms with Crippen LogP contribution in [0.4, 0.5) is 0 Å². The Morgan fingerprint density at radius 3 is 1.96 bits per heavy atom. The van der Waals surface area contributed by atoms with Gasteiger partial charge >= 0.3 is 0 Å². The molecule has 1 aliphatic rings. The molecule has 1 N–H and O–H groups in total. The second-order valence-electron chi connectivity index (χ2n) is 12.8. The molecule has 3 heterocycles. The minimum Gasteiger partial charge on any atom is -0.324 e. The molecular weight excluding hydrogens is 701 g/mol. The molecule has 1 unspecified atom stereocenters. The van der Waals surface area contributed by atoms with Crippen LogP contribution in [-0.2, 0) is 0 Å². The Balaban J connectivity index is 1.19. The van der Waals surface area contributed by atoms with Crippen LogP contribution in [0.2, 0.25) is 0 Å². The van der Waals surface area contributed by atoms with Gasteiger partial charge in [0.15, 0.2) is 6.17 Å². The van der Waals surface area contributed by atoms with Gasteiger partial charge < -0.3 is 9.88 Å². The van der Waals surface area contributed by atoms with Gasteiger partial charge in [-0.15, -0.1) is 11.3 Å². The van der Waals surface area contributed by atoms with E-state index in [1.165, 1.54) is 0 Å². The number of benzene rings is 8. The maximum absolute atomic E-state index is 9.93. The maximum atomic E-state index is 9.93. The number of aromatic nitrogens is 1. The van der Waals surface area contributed by atoms with Crippen LogP contribution >= 0.6 is 11.3 Å². The Labute approximate surface area is 355 Å². The Kier molecular flexibility index (Phi) is 4.41. The monoisotopic (exact) mass is 753 g/mol. The Hall–Kier alpha value is -7.08. The van der Waals surface area contributed by atoms with E-state index in [9.17, 15) is 5.48 Å². The van der Waals surface area contributed by atoms with E-state index >= 15 is 0 Å². The molecule has 56 heavy (non-hydrogen) atoms. The lowest BCUT2D eigenvalue weighted by atomic mass is 9.98. The molecule has 0 radical (unpaired) electrons. The molecule has 8 aromatic carbocycles. The molecule has 10 aromatic rings. The van der Waals surface area contributed by atoms with Crippen LogP contribution in [0.25, 0.3) is 69.9 Å². The number of nitrogens with one attached hydrogen (secondary N) is 1. The van der Waals surface area contributed by atoms with Crippen molar-refractivity contribution < 1.29 is 26.0 Å². The van der Waals surface area contributed by atoms with Crippen molar-refractivity contribution in [3.63, 3.8) is 0 Å². The van der Waals surface area contributed by atoms with Crippen LogP contribution in [0.1, 0.15) is 48.9 Å². The summed E-state index contributed by atoms with van der Waals surface area (Å²) in [5.74, 6) is -0.262. The summed E-state index contributed by atoms with van der Waals surface area (Å²) in [5.41, 5.74) is 2.14. The van der Waals surface area contributed by atoms with Gasteiger partial charge in [-0.2, -0.15) is 0 Å². The number of aliphatic imine (C=N–C) groups is 2. The average molecular weight is 754 g/mol. The predicted molar refractivity (Wildman–Crippen MR) is 236 cm³/mol. The number of nitrogens with zero attached hydrogens (tertiary/aromatic N) is 3. The van der Waals surface area contributed by atoms with Crippen LogP contribution in [-0.4, -0.2) is 16.2 Å². The third-order valence-electron chi connectivity index (χ3n) is 9.53. The highest BCUT2D eigenvalue weighted by Gasteiger charge is 2.24. The van der Waals surface area contributed by atoms with Crippen molar-refractivity contribution in [2.24, 2.45) is 9.98 Å². The first-order valence-corrected chi connectivity index (χ1v) is 18.2. The summed E-state index contributed by atoms with van der Waals surface area (Å²) in [7, 11) is 0. The number of thiophene rings is 1. The minimum absolute atomic E-state index is 0.0405. The molecule has 0 saturated carbocycles. The fourth-order valence-corrected chi connectivity index (χ4v) is 8.01. The van der Waals surface area contributed by atoms with E-state index in [1.54, 1.807) is 12.1 Å². The van der Waals surface area contributed by atoms with Crippen LogP contribution in [0.3, 0.4) is 0 Å². The standard InChI is InChI=1S/C51H34N4S/c1-3-13-33(14-4-1)36-15-11-16-37(31-36)34-25-27-35(28-26-34)49-52-50(54-51(53-49)43-22-12-21-42-41-20-8-10-24-47(41)56-48(42)43)38-29-30-46-44(32-38)40-19-7-9-23-45(40)55(46)39-17-5-2-6-18-39/h1-32,51H,(H,52,53,54)/i2D,5D,6D,7D,8D,9D,10D,12D,17D,18D,19D,20D,21D,22D,23D,24D,29D,30D,32D. The predicted octanol–water partition coefficient (Wildman–Crippen LogP) is 13.0. The molecule has 0 amide bonds. The Morgan fingerprint density at radius 1 is 0.500 bits per heavy atom. The third-order valence-corrected chi connectivity index (χ3v) is 10.7. The van der Waals surface area contributed by atoms with Crippen molar-refractivity contribution >= 4 is 65.0 Å². The van der Waals surface area contributed by atoms with Gasteiger partial charge in [0, 0.05) is 53.3 Å². The highest BCUT2D eigenvalue weighted by Crippen LogP contribution is 2.40. The fraction of sp³-hybridized carbons (Fsp3) is 0.0196. The first-order chi connectivity index (χ1) is 35.7.